The van der Waals surface area contributed by atoms with Crippen LogP contribution in [0.3, 0.4) is 0 Å². The topological polar surface area (TPSA) is 191 Å². The van der Waals surface area contributed by atoms with Crippen molar-refractivity contribution in [2.24, 2.45) is 0 Å². The van der Waals surface area contributed by atoms with Crippen LogP contribution in [0.25, 0.3) is 0 Å². The minimum Gasteiger partial charge on any atom is -0.481 e. The fraction of sp³-hybridized carbons (Fsp3) is 0.895. The van der Waals surface area contributed by atoms with E-state index in [1.54, 1.807) is 0 Å². The highest BCUT2D eigenvalue weighted by Gasteiger charge is 2.01. The molecule has 12 nitrogen and oxygen atoms in total. The number of hydrogen-bond acceptors (Lipinski definition) is 9. The Kier molecular flexibility index (Phi) is 82.6. The summed E-state index contributed by atoms with van der Waals surface area (Å²) in [4.78, 5) is 62.3. The van der Waals surface area contributed by atoms with Crippen molar-refractivity contribution in [2.45, 2.75) is 311 Å². The Labute approximate surface area is 425 Å². The SMILES string of the molecule is CCCCCCCCC(=O)O.CCCCCCCCC(=O)O.CCCCCCCCC(=O)O.CCCCCCCCC(=O)OC.CCCCCCCCC(=O)OC.CCCCCCCCC(=O)OC. The molecule has 0 bridgehead atoms. The predicted molar refractivity (Wildman–Crippen MR) is 287 cm³/mol. The van der Waals surface area contributed by atoms with Crippen LogP contribution in [0.15, 0.2) is 0 Å². The van der Waals surface area contributed by atoms with Gasteiger partial charge in [-0.1, -0.05) is 234 Å². The largest absolute Gasteiger partial charge is 0.481 e. The van der Waals surface area contributed by atoms with Gasteiger partial charge in [0.1, 0.15) is 0 Å². The van der Waals surface area contributed by atoms with Crippen molar-refractivity contribution >= 4 is 35.8 Å². The van der Waals surface area contributed by atoms with Crippen LogP contribution in [0.1, 0.15) is 311 Å². The Balaban J connectivity index is -0.000000173. The van der Waals surface area contributed by atoms with Crippen molar-refractivity contribution in [1.29, 1.82) is 0 Å². The van der Waals surface area contributed by atoms with E-state index in [-0.39, 0.29) is 17.9 Å². The summed E-state index contributed by atoms with van der Waals surface area (Å²) in [6, 6.07) is 0. The predicted octanol–water partition coefficient (Wildman–Crippen LogP) is 17.2. The molecule has 0 unspecified atom stereocenters. The van der Waals surface area contributed by atoms with Gasteiger partial charge in [0, 0.05) is 38.5 Å². The summed E-state index contributed by atoms with van der Waals surface area (Å²) in [5.74, 6) is -2.23. The highest BCUT2D eigenvalue weighted by Crippen LogP contribution is 2.11. The maximum absolute atomic E-state index is 10.7. The molecule has 3 N–H and O–H groups in total. The maximum atomic E-state index is 10.7. The molecular formula is C57H114O12. The second-order valence-electron chi connectivity index (χ2n) is 18.0. The molecule has 0 aliphatic carbocycles. The van der Waals surface area contributed by atoms with Gasteiger partial charge in [0.25, 0.3) is 0 Å². The Morgan fingerprint density at radius 3 is 0.493 bits per heavy atom. The molecule has 0 amide bonds. The molecule has 0 spiro atoms. The minimum atomic E-state index is -0.666. The van der Waals surface area contributed by atoms with E-state index in [0.29, 0.717) is 38.5 Å². The van der Waals surface area contributed by atoms with Gasteiger partial charge in [-0.15, -0.1) is 0 Å². The van der Waals surface area contributed by atoms with Gasteiger partial charge in [-0.2, -0.15) is 0 Å². The van der Waals surface area contributed by atoms with Crippen LogP contribution in [0.4, 0.5) is 0 Å². The molecule has 0 aliphatic heterocycles. The third kappa shape index (κ3) is 99.0. The first kappa shape index (κ1) is 77.3. The van der Waals surface area contributed by atoms with Gasteiger partial charge in [0.15, 0.2) is 0 Å². The van der Waals surface area contributed by atoms with Crippen molar-refractivity contribution in [3.63, 3.8) is 0 Å². The lowest BCUT2D eigenvalue weighted by molar-refractivity contribution is -0.141. The first-order valence-electron chi connectivity index (χ1n) is 28.1. The van der Waals surface area contributed by atoms with Crippen LogP contribution in [-0.2, 0) is 43.0 Å². The average molecular weight is 992 g/mol. The Morgan fingerprint density at radius 2 is 0.362 bits per heavy atom. The number of carboxylic acid groups (broad SMARTS) is 3. The Morgan fingerprint density at radius 1 is 0.232 bits per heavy atom. The smallest absolute Gasteiger partial charge is 0.305 e. The van der Waals surface area contributed by atoms with E-state index in [9.17, 15) is 28.8 Å². The highest BCUT2D eigenvalue weighted by molar-refractivity contribution is 5.69. The molecule has 0 fully saturated rings. The number of rotatable bonds is 42. The number of methoxy groups -OCH3 is 3. The van der Waals surface area contributed by atoms with Crippen molar-refractivity contribution < 1.29 is 58.3 Å². The van der Waals surface area contributed by atoms with Gasteiger partial charge in [0.2, 0.25) is 0 Å². The molecule has 69 heavy (non-hydrogen) atoms. The summed E-state index contributed by atoms with van der Waals surface area (Å²) in [7, 11) is 4.33. The fourth-order valence-electron chi connectivity index (χ4n) is 6.62. The number of unbranched alkanes of at least 4 members (excludes halogenated alkanes) is 30. The summed E-state index contributed by atoms with van der Waals surface area (Å²) >= 11 is 0. The Hall–Kier alpha value is -3.18. The summed E-state index contributed by atoms with van der Waals surface area (Å²) in [5, 5.41) is 24.9. The maximum Gasteiger partial charge on any atom is 0.305 e. The number of hydrogen-bond donors (Lipinski definition) is 3. The van der Waals surface area contributed by atoms with E-state index in [4.69, 9.17) is 15.3 Å². The molecule has 414 valence electrons. The number of aliphatic carboxylic acids is 3. The van der Waals surface area contributed by atoms with Crippen LogP contribution >= 0.6 is 0 Å². The number of ether oxygens (including phenoxy) is 3. The molecular weight excluding hydrogens is 877 g/mol. The molecule has 12 heteroatoms. The molecule has 0 rings (SSSR count). The highest BCUT2D eigenvalue weighted by atomic mass is 16.5. The minimum absolute atomic E-state index is 0.0782. The van der Waals surface area contributed by atoms with Gasteiger partial charge in [-0.3, -0.25) is 28.8 Å². The summed E-state index contributed by atoms with van der Waals surface area (Å²) in [6.45, 7) is 13.1. The number of carbonyl (C=O) groups excluding carboxylic acids is 3. The van der Waals surface area contributed by atoms with Crippen molar-refractivity contribution in [1.82, 2.24) is 0 Å². The van der Waals surface area contributed by atoms with Gasteiger partial charge < -0.3 is 29.5 Å². The molecule has 0 atom stereocenters. The van der Waals surface area contributed by atoms with Gasteiger partial charge in [0.05, 0.1) is 21.3 Å². The van der Waals surface area contributed by atoms with Crippen molar-refractivity contribution in [3.05, 3.63) is 0 Å². The van der Waals surface area contributed by atoms with E-state index >= 15 is 0 Å². The molecule has 0 heterocycles. The van der Waals surface area contributed by atoms with E-state index in [0.717, 1.165) is 77.0 Å². The van der Waals surface area contributed by atoms with E-state index in [2.05, 4.69) is 55.8 Å². The lowest BCUT2D eigenvalue weighted by atomic mass is 10.1. The standard InChI is InChI=1S/3C10H20O2.3C9H18O2/c3*1-3-4-5-6-7-8-9-10(11)12-2;3*1-2-3-4-5-6-7-8-9(10)11/h3*3-9H2,1-2H3;3*2-8H2,1H3,(H,10,11). The van der Waals surface area contributed by atoms with E-state index in [1.165, 1.54) is 175 Å². The molecule has 0 aromatic heterocycles. The zero-order valence-electron chi connectivity index (χ0n) is 46.7. The van der Waals surface area contributed by atoms with Crippen molar-refractivity contribution in [2.75, 3.05) is 21.3 Å². The second kappa shape index (κ2) is 73.8. The first-order valence-corrected chi connectivity index (χ1v) is 28.1. The third-order valence-electron chi connectivity index (χ3n) is 11.1. The zero-order chi connectivity index (χ0) is 53.3. The zero-order valence-corrected chi connectivity index (χ0v) is 46.7. The third-order valence-corrected chi connectivity index (χ3v) is 11.1. The lowest BCUT2D eigenvalue weighted by Gasteiger charge is -1.99. The quantitative estimate of drug-likeness (QED) is 0.0298. The van der Waals surface area contributed by atoms with E-state index in [1.807, 2.05) is 0 Å². The normalized spacial score (nSPS) is 9.87. The lowest BCUT2D eigenvalue weighted by Crippen LogP contribution is -1.98. The summed E-state index contributed by atoms with van der Waals surface area (Å²) in [5.41, 5.74) is 0. The van der Waals surface area contributed by atoms with E-state index < -0.39 is 17.9 Å². The molecule has 0 aromatic rings. The fourth-order valence-corrected chi connectivity index (χ4v) is 6.62. The van der Waals surface area contributed by atoms with Crippen LogP contribution < -0.4 is 0 Å². The van der Waals surface area contributed by atoms with Crippen LogP contribution in [0, 0.1) is 0 Å². The average Bonchev–Trinajstić information content (AvgIpc) is 3.33. The Bertz CT molecular complexity index is 921. The van der Waals surface area contributed by atoms with Crippen LogP contribution in [0.2, 0.25) is 0 Å². The number of esters is 3. The first-order chi connectivity index (χ1) is 33.2. The molecule has 0 radical (unpaired) electrons. The molecule has 0 aromatic carbocycles. The van der Waals surface area contributed by atoms with Gasteiger partial charge >= 0.3 is 35.8 Å². The monoisotopic (exact) mass is 991 g/mol. The molecule has 0 saturated heterocycles. The summed E-state index contributed by atoms with van der Waals surface area (Å²) < 4.78 is 13.6. The van der Waals surface area contributed by atoms with Crippen LogP contribution in [0.5, 0.6) is 0 Å². The molecule has 0 aliphatic rings. The second-order valence-corrected chi connectivity index (χ2v) is 18.0. The summed E-state index contributed by atoms with van der Waals surface area (Å²) in [6.07, 6.45) is 45.4. The van der Waals surface area contributed by atoms with Gasteiger partial charge in [-0.25, -0.2) is 0 Å². The van der Waals surface area contributed by atoms with Crippen molar-refractivity contribution in [3.8, 4) is 0 Å². The van der Waals surface area contributed by atoms with Gasteiger partial charge in [-0.05, 0) is 38.5 Å². The molecule has 0 saturated carbocycles. The van der Waals surface area contributed by atoms with Crippen LogP contribution in [-0.4, -0.2) is 72.5 Å². The number of carbonyl (C=O) groups is 6. The number of carboxylic acids is 3.